The third-order valence-electron chi connectivity index (χ3n) is 3.68. The van der Waals surface area contributed by atoms with Crippen LogP contribution in [0.15, 0.2) is 5.16 Å². The smallest absolute Gasteiger partial charge is 0.236 e. The van der Waals surface area contributed by atoms with Crippen molar-refractivity contribution in [3.05, 3.63) is 0 Å². The molecule has 1 amide bonds. The third-order valence-corrected chi connectivity index (χ3v) is 3.68. The van der Waals surface area contributed by atoms with Crippen molar-refractivity contribution in [2.45, 2.75) is 45.6 Å². The molecule has 2 saturated carbocycles. The van der Waals surface area contributed by atoms with Crippen LogP contribution in [0.1, 0.15) is 39.5 Å². The number of nitrogens with zero attached hydrogens (tertiary/aromatic N) is 2. The Bertz CT molecular complexity index is 344. The highest BCUT2D eigenvalue weighted by Crippen LogP contribution is 2.37. The maximum absolute atomic E-state index is 12.5. The van der Waals surface area contributed by atoms with Gasteiger partial charge in [0.2, 0.25) is 5.91 Å². The number of nitrogens with two attached hydrogens (primary N) is 1. The highest BCUT2D eigenvalue weighted by molar-refractivity contribution is 6.06. The fourth-order valence-electron chi connectivity index (χ4n) is 1.96. The number of rotatable bonds is 5. The van der Waals surface area contributed by atoms with Gasteiger partial charge in [-0.2, -0.15) is 0 Å². The van der Waals surface area contributed by atoms with Gasteiger partial charge in [-0.3, -0.25) is 4.79 Å². The molecular weight excluding hydrogens is 218 g/mol. The highest BCUT2D eigenvalue weighted by atomic mass is 16.4. The van der Waals surface area contributed by atoms with Gasteiger partial charge in [0.25, 0.3) is 0 Å². The van der Waals surface area contributed by atoms with Crippen molar-refractivity contribution >= 4 is 11.7 Å². The standard InChI is InChI=1S/C12H21N3O2/c1-12(2,10(13)14-17)11(16)15(9-5-6-9)7-8-3-4-8/h8-9,17H,3-7H2,1-2H3,(H2,13,14). The molecule has 0 unspecified atom stereocenters. The summed E-state index contributed by atoms with van der Waals surface area (Å²) in [6, 6.07) is 0.383. The van der Waals surface area contributed by atoms with E-state index in [2.05, 4.69) is 5.16 Å². The SMILES string of the molecule is CC(C)(C(=O)N(CC1CC1)C1CC1)C(N)=NO. The summed E-state index contributed by atoms with van der Waals surface area (Å²) in [6.45, 7) is 4.27. The van der Waals surface area contributed by atoms with Gasteiger partial charge < -0.3 is 15.8 Å². The zero-order valence-corrected chi connectivity index (χ0v) is 10.5. The first-order chi connectivity index (χ1) is 7.96. The maximum Gasteiger partial charge on any atom is 0.236 e. The molecule has 2 rings (SSSR count). The molecule has 0 heterocycles. The fraction of sp³-hybridized carbons (Fsp3) is 0.833. The predicted octanol–water partition coefficient (Wildman–Crippen LogP) is 1.16. The first-order valence-electron chi connectivity index (χ1n) is 6.26. The average molecular weight is 239 g/mol. The first kappa shape index (κ1) is 12.2. The lowest BCUT2D eigenvalue weighted by Gasteiger charge is -2.31. The van der Waals surface area contributed by atoms with Crippen LogP contribution in [-0.4, -0.2) is 34.4 Å². The van der Waals surface area contributed by atoms with Gasteiger partial charge in [-0.15, -0.1) is 0 Å². The van der Waals surface area contributed by atoms with E-state index in [0.717, 1.165) is 19.4 Å². The van der Waals surface area contributed by atoms with Gasteiger partial charge in [0.05, 0.1) is 0 Å². The van der Waals surface area contributed by atoms with E-state index in [-0.39, 0.29) is 11.7 Å². The number of amidine groups is 1. The fourth-order valence-corrected chi connectivity index (χ4v) is 1.96. The van der Waals surface area contributed by atoms with Gasteiger partial charge >= 0.3 is 0 Å². The summed E-state index contributed by atoms with van der Waals surface area (Å²) in [5, 5.41) is 11.7. The minimum atomic E-state index is -0.910. The number of hydrogen-bond acceptors (Lipinski definition) is 3. The average Bonchev–Trinajstić information content (AvgIpc) is 3.15. The van der Waals surface area contributed by atoms with Gasteiger partial charge in [-0.1, -0.05) is 5.16 Å². The van der Waals surface area contributed by atoms with Crippen LogP contribution in [0, 0.1) is 11.3 Å². The molecule has 0 aromatic heterocycles. The minimum Gasteiger partial charge on any atom is -0.409 e. The van der Waals surface area contributed by atoms with E-state index in [4.69, 9.17) is 10.9 Å². The topological polar surface area (TPSA) is 78.9 Å². The molecule has 2 fully saturated rings. The zero-order chi connectivity index (χ0) is 12.6. The molecular formula is C12H21N3O2. The van der Waals surface area contributed by atoms with E-state index in [1.165, 1.54) is 12.8 Å². The van der Waals surface area contributed by atoms with Crippen molar-refractivity contribution < 1.29 is 10.0 Å². The second-order valence-electron chi connectivity index (χ2n) is 5.74. The molecule has 0 spiro atoms. The number of hydrogen-bond donors (Lipinski definition) is 2. The molecule has 0 saturated heterocycles. The Hall–Kier alpha value is -1.26. The molecule has 0 atom stereocenters. The lowest BCUT2D eigenvalue weighted by Crippen LogP contribution is -2.49. The monoisotopic (exact) mass is 239 g/mol. The highest BCUT2D eigenvalue weighted by Gasteiger charge is 2.43. The zero-order valence-electron chi connectivity index (χ0n) is 10.5. The van der Waals surface area contributed by atoms with Gasteiger partial charge in [-0.05, 0) is 45.4 Å². The van der Waals surface area contributed by atoms with Gasteiger partial charge in [-0.25, -0.2) is 0 Å². The molecule has 0 aliphatic heterocycles. The summed E-state index contributed by atoms with van der Waals surface area (Å²) in [6.07, 6.45) is 4.62. The summed E-state index contributed by atoms with van der Waals surface area (Å²) in [7, 11) is 0. The summed E-state index contributed by atoms with van der Waals surface area (Å²) < 4.78 is 0. The Morgan fingerprint density at radius 1 is 1.41 bits per heavy atom. The van der Waals surface area contributed by atoms with E-state index in [9.17, 15) is 4.79 Å². The van der Waals surface area contributed by atoms with Crippen LogP contribution in [-0.2, 0) is 4.79 Å². The summed E-state index contributed by atoms with van der Waals surface area (Å²) in [5.74, 6) is 0.647. The quantitative estimate of drug-likeness (QED) is 0.327. The van der Waals surface area contributed by atoms with E-state index in [0.29, 0.717) is 12.0 Å². The number of oxime groups is 1. The van der Waals surface area contributed by atoms with Crippen LogP contribution in [0.25, 0.3) is 0 Å². The summed E-state index contributed by atoms with van der Waals surface area (Å²) in [5.41, 5.74) is 4.70. The van der Waals surface area contributed by atoms with Crippen LogP contribution in [0.4, 0.5) is 0 Å². The number of carbonyl (C=O) groups excluding carboxylic acids is 1. The van der Waals surface area contributed by atoms with Crippen LogP contribution >= 0.6 is 0 Å². The minimum absolute atomic E-state index is 0.0102. The molecule has 0 aromatic carbocycles. The van der Waals surface area contributed by atoms with E-state index in [1.807, 2.05) is 4.90 Å². The Kier molecular flexibility index (Phi) is 3.02. The first-order valence-corrected chi connectivity index (χ1v) is 6.26. The summed E-state index contributed by atoms with van der Waals surface area (Å²) in [4.78, 5) is 14.4. The molecule has 2 aliphatic carbocycles. The van der Waals surface area contributed by atoms with Crippen LogP contribution in [0.5, 0.6) is 0 Å². The van der Waals surface area contributed by atoms with Crippen LogP contribution in [0.2, 0.25) is 0 Å². The normalized spacial score (nSPS) is 21.4. The van der Waals surface area contributed by atoms with E-state index in [1.54, 1.807) is 13.8 Å². The lowest BCUT2D eigenvalue weighted by atomic mass is 9.90. The molecule has 96 valence electrons. The second kappa shape index (κ2) is 4.20. The predicted molar refractivity (Wildman–Crippen MR) is 64.6 cm³/mol. The second-order valence-corrected chi connectivity index (χ2v) is 5.74. The van der Waals surface area contributed by atoms with Crippen molar-refractivity contribution in [3.63, 3.8) is 0 Å². The number of carbonyl (C=O) groups is 1. The van der Waals surface area contributed by atoms with Crippen molar-refractivity contribution in [1.82, 2.24) is 4.90 Å². The Morgan fingerprint density at radius 3 is 2.41 bits per heavy atom. The molecule has 0 bridgehead atoms. The molecule has 5 nitrogen and oxygen atoms in total. The van der Waals surface area contributed by atoms with Gasteiger partial charge in [0, 0.05) is 12.6 Å². The van der Waals surface area contributed by atoms with Gasteiger partial charge in [0.15, 0.2) is 5.84 Å². The van der Waals surface area contributed by atoms with Crippen LogP contribution < -0.4 is 5.73 Å². The largest absolute Gasteiger partial charge is 0.409 e. The van der Waals surface area contributed by atoms with E-state index < -0.39 is 5.41 Å². The third kappa shape index (κ3) is 2.53. The van der Waals surface area contributed by atoms with Crippen molar-refractivity contribution in [3.8, 4) is 0 Å². The Balaban J connectivity index is 2.08. The van der Waals surface area contributed by atoms with Crippen molar-refractivity contribution in [1.29, 1.82) is 0 Å². The molecule has 5 heteroatoms. The molecule has 0 radical (unpaired) electrons. The van der Waals surface area contributed by atoms with E-state index >= 15 is 0 Å². The molecule has 3 N–H and O–H groups in total. The van der Waals surface area contributed by atoms with Crippen LogP contribution in [0.3, 0.4) is 0 Å². The Labute approximate surface area is 102 Å². The summed E-state index contributed by atoms with van der Waals surface area (Å²) >= 11 is 0. The van der Waals surface area contributed by atoms with Gasteiger partial charge in [0.1, 0.15) is 5.41 Å². The van der Waals surface area contributed by atoms with Crippen molar-refractivity contribution in [2.24, 2.45) is 22.2 Å². The maximum atomic E-state index is 12.5. The molecule has 0 aromatic rings. The number of amides is 1. The Morgan fingerprint density at radius 2 is 2.00 bits per heavy atom. The van der Waals surface area contributed by atoms with Crippen molar-refractivity contribution in [2.75, 3.05) is 6.54 Å². The molecule has 2 aliphatic rings. The molecule has 17 heavy (non-hydrogen) atoms. The lowest BCUT2D eigenvalue weighted by molar-refractivity contribution is -0.138.